The van der Waals surface area contributed by atoms with Crippen molar-refractivity contribution in [3.63, 3.8) is 0 Å². The Morgan fingerprint density at radius 3 is 3.05 bits per heavy atom. The smallest absolute Gasteiger partial charge is 0.257 e. The number of hydrogen-bond acceptors (Lipinski definition) is 4. The molecule has 3 heterocycles. The number of amides is 1. The molecule has 114 valence electrons. The van der Waals surface area contributed by atoms with Gasteiger partial charge in [0, 0.05) is 25.8 Å². The molecule has 1 atom stereocenters. The quantitative estimate of drug-likeness (QED) is 0.854. The van der Waals surface area contributed by atoms with E-state index in [4.69, 9.17) is 0 Å². The highest BCUT2D eigenvalue weighted by atomic mass is 16.2. The summed E-state index contributed by atoms with van der Waals surface area (Å²) in [6.45, 7) is 7.93. The van der Waals surface area contributed by atoms with Gasteiger partial charge < -0.3 is 9.80 Å². The molecule has 1 saturated heterocycles. The highest BCUT2D eigenvalue weighted by Crippen LogP contribution is 2.25. The van der Waals surface area contributed by atoms with Crippen molar-refractivity contribution < 1.29 is 4.79 Å². The van der Waals surface area contributed by atoms with Crippen molar-refractivity contribution in [2.45, 2.75) is 46.1 Å². The molecule has 5 heteroatoms. The predicted octanol–water partition coefficient (Wildman–Crippen LogP) is 2.47. The predicted molar refractivity (Wildman–Crippen MR) is 82.3 cm³/mol. The molecule has 0 unspecified atom stereocenters. The van der Waals surface area contributed by atoms with Crippen molar-refractivity contribution in [2.75, 3.05) is 24.5 Å². The van der Waals surface area contributed by atoms with Gasteiger partial charge in [-0.2, -0.15) is 0 Å². The van der Waals surface area contributed by atoms with Crippen LogP contribution in [0.1, 0.15) is 55.6 Å². The third-order valence-electron chi connectivity index (χ3n) is 4.43. The SMILES string of the molecule is CCCCN1Cc2nc(N3CCC[C@H](C)C3)ncc2C1=O. The second kappa shape index (κ2) is 6.00. The van der Waals surface area contributed by atoms with Crippen molar-refractivity contribution in [3.8, 4) is 0 Å². The molecular weight excluding hydrogens is 264 g/mol. The zero-order valence-electron chi connectivity index (χ0n) is 13.0. The molecule has 1 fully saturated rings. The topological polar surface area (TPSA) is 49.3 Å². The monoisotopic (exact) mass is 288 g/mol. The maximum absolute atomic E-state index is 12.3. The molecule has 5 nitrogen and oxygen atoms in total. The molecular formula is C16H24N4O. The summed E-state index contributed by atoms with van der Waals surface area (Å²) in [5.41, 5.74) is 1.60. The van der Waals surface area contributed by atoms with Crippen LogP contribution in [0.5, 0.6) is 0 Å². The summed E-state index contributed by atoms with van der Waals surface area (Å²) in [5, 5.41) is 0. The molecule has 0 aliphatic carbocycles. The summed E-state index contributed by atoms with van der Waals surface area (Å²) < 4.78 is 0. The van der Waals surface area contributed by atoms with E-state index in [0.29, 0.717) is 18.0 Å². The highest BCUT2D eigenvalue weighted by molar-refractivity contribution is 5.97. The molecule has 0 bridgehead atoms. The normalized spacial score (nSPS) is 21.8. The van der Waals surface area contributed by atoms with Crippen molar-refractivity contribution in [2.24, 2.45) is 5.92 Å². The summed E-state index contributed by atoms with van der Waals surface area (Å²) in [4.78, 5) is 25.5. The van der Waals surface area contributed by atoms with Crippen molar-refractivity contribution in [3.05, 3.63) is 17.5 Å². The van der Waals surface area contributed by atoms with Crippen molar-refractivity contribution in [1.82, 2.24) is 14.9 Å². The Balaban J connectivity index is 1.76. The molecule has 2 aliphatic rings. The first-order valence-electron chi connectivity index (χ1n) is 8.09. The third-order valence-corrected chi connectivity index (χ3v) is 4.43. The Morgan fingerprint density at radius 1 is 1.43 bits per heavy atom. The van der Waals surface area contributed by atoms with E-state index < -0.39 is 0 Å². The Kier molecular flexibility index (Phi) is 4.08. The first kappa shape index (κ1) is 14.3. The molecule has 21 heavy (non-hydrogen) atoms. The number of carbonyl (C=O) groups excluding carboxylic acids is 1. The molecule has 0 N–H and O–H groups in total. The molecule has 0 saturated carbocycles. The van der Waals surface area contributed by atoms with E-state index in [2.05, 4.69) is 28.7 Å². The maximum Gasteiger partial charge on any atom is 0.257 e. The van der Waals surface area contributed by atoms with Crippen LogP contribution in [0.15, 0.2) is 6.20 Å². The average molecular weight is 288 g/mol. The molecule has 0 spiro atoms. The van der Waals surface area contributed by atoms with E-state index in [1.165, 1.54) is 12.8 Å². The van der Waals surface area contributed by atoms with E-state index in [1.807, 2.05) is 4.90 Å². The number of unbranched alkanes of at least 4 members (excludes halogenated alkanes) is 1. The van der Waals surface area contributed by atoms with Gasteiger partial charge in [0.1, 0.15) is 0 Å². The summed E-state index contributed by atoms with van der Waals surface area (Å²) in [7, 11) is 0. The van der Waals surface area contributed by atoms with E-state index in [1.54, 1.807) is 6.20 Å². The summed E-state index contributed by atoms with van der Waals surface area (Å²) >= 11 is 0. The van der Waals surface area contributed by atoms with Gasteiger partial charge in [-0.25, -0.2) is 9.97 Å². The lowest BCUT2D eigenvalue weighted by Crippen LogP contribution is -2.35. The van der Waals surface area contributed by atoms with E-state index >= 15 is 0 Å². The summed E-state index contributed by atoms with van der Waals surface area (Å²) in [6, 6.07) is 0. The average Bonchev–Trinajstić information content (AvgIpc) is 2.81. The minimum absolute atomic E-state index is 0.0945. The van der Waals surface area contributed by atoms with Gasteiger partial charge in [-0.3, -0.25) is 4.79 Å². The van der Waals surface area contributed by atoms with Gasteiger partial charge in [0.05, 0.1) is 17.8 Å². The zero-order valence-corrected chi connectivity index (χ0v) is 13.0. The molecule has 1 aromatic heterocycles. The first-order valence-corrected chi connectivity index (χ1v) is 8.09. The van der Waals surface area contributed by atoms with Crippen LogP contribution in [0, 0.1) is 5.92 Å². The number of aromatic nitrogens is 2. The highest BCUT2D eigenvalue weighted by Gasteiger charge is 2.30. The van der Waals surface area contributed by atoms with Crippen LogP contribution in [0.25, 0.3) is 0 Å². The zero-order chi connectivity index (χ0) is 14.8. The lowest BCUT2D eigenvalue weighted by molar-refractivity contribution is 0.0776. The van der Waals surface area contributed by atoms with Crippen molar-refractivity contribution >= 4 is 11.9 Å². The fraction of sp³-hybridized carbons (Fsp3) is 0.688. The van der Waals surface area contributed by atoms with Gasteiger partial charge in [-0.15, -0.1) is 0 Å². The van der Waals surface area contributed by atoms with Gasteiger partial charge in [0.25, 0.3) is 5.91 Å². The second-order valence-corrected chi connectivity index (χ2v) is 6.30. The third kappa shape index (κ3) is 2.87. The fourth-order valence-corrected chi connectivity index (χ4v) is 3.18. The van der Waals surface area contributed by atoms with Crippen LogP contribution >= 0.6 is 0 Å². The van der Waals surface area contributed by atoms with Gasteiger partial charge in [0.2, 0.25) is 5.95 Å². The maximum atomic E-state index is 12.3. The molecule has 1 aromatic rings. The van der Waals surface area contributed by atoms with Crippen molar-refractivity contribution in [1.29, 1.82) is 0 Å². The molecule has 2 aliphatic heterocycles. The fourth-order valence-electron chi connectivity index (χ4n) is 3.18. The van der Waals surface area contributed by atoms with Crippen LogP contribution in [0.3, 0.4) is 0 Å². The van der Waals surface area contributed by atoms with E-state index in [0.717, 1.165) is 44.1 Å². The number of nitrogens with zero attached hydrogens (tertiary/aromatic N) is 4. The van der Waals surface area contributed by atoms with Gasteiger partial charge in [-0.05, 0) is 25.2 Å². The Hall–Kier alpha value is -1.65. The van der Waals surface area contributed by atoms with Gasteiger partial charge >= 0.3 is 0 Å². The summed E-state index contributed by atoms with van der Waals surface area (Å²) in [6.07, 6.45) is 6.35. The number of rotatable bonds is 4. The number of piperidine rings is 1. The van der Waals surface area contributed by atoms with Gasteiger partial charge in [-0.1, -0.05) is 20.3 Å². The number of hydrogen-bond donors (Lipinski definition) is 0. The molecule has 3 rings (SSSR count). The van der Waals surface area contributed by atoms with Crippen LogP contribution < -0.4 is 4.90 Å². The Bertz CT molecular complexity index is 531. The standard InChI is InChI=1S/C16H24N4O/c1-3-4-7-19-11-14-13(15(19)21)9-17-16(18-14)20-8-5-6-12(2)10-20/h9,12H,3-8,10-11H2,1-2H3/t12-/m0/s1. The first-order chi connectivity index (χ1) is 10.2. The van der Waals surface area contributed by atoms with Crippen LogP contribution in [0.2, 0.25) is 0 Å². The lowest BCUT2D eigenvalue weighted by Gasteiger charge is -2.30. The Morgan fingerprint density at radius 2 is 2.29 bits per heavy atom. The molecule has 1 amide bonds. The summed E-state index contributed by atoms with van der Waals surface area (Å²) in [5.74, 6) is 1.58. The minimum Gasteiger partial charge on any atom is -0.341 e. The van der Waals surface area contributed by atoms with Gasteiger partial charge in [0.15, 0.2) is 0 Å². The van der Waals surface area contributed by atoms with Crippen LogP contribution in [0.4, 0.5) is 5.95 Å². The number of anilines is 1. The number of fused-ring (bicyclic) bond motifs is 1. The Labute approximate surface area is 126 Å². The number of carbonyl (C=O) groups is 1. The minimum atomic E-state index is 0.0945. The van der Waals surface area contributed by atoms with E-state index in [-0.39, 0.29) is 5.91 Å². The molecule has 0 aromatic carbocycles. The molecule has 0 radical (unpaired) electrons. The lowest BCUT2D eigenvalue weighted by atomic mass is 10.0. The largest absolute Gasteiger partial charge is 0.341 e. The van der Waals surface area contributed by atoms with Crippen LogP contribution in [-0.2, 0) is 6.54 Å². The van der Waals surface area contributed by atoms with Crippen LogP contribution in [-0.4, -0.2) is 40.4 Å². The second-order valence-electron chi connectivity index (χ2n) is 6.30. The van der Waals surface area contributed by atoms with E-state index in [9.17, 15) is 4.79 Å².